The number of rotatable bonds is 7. The number of hydrogen-bond acceptors (Lipinski definition) is 5. The predicted octanol–water partition coefficient (Wildman–Crippen LogP) is 1.86. The highest BCUT2D eigenvalue weighted by atomic mass is 16.5. The Labute approximate surface area is 117 Å². The van der Waals surface area contributed by atoms with E-state index in [9.17, 15) is 9.90 Å². The summed E-state index contributed by atoms with van der Waals surface area (Å²) >= 11 is 0. The summed E-state index contributed by atoms with van der Waals surface area (Å²) in [6.45, 7) is 1.54. The molecule has 1 aromatic rings. The Hall–Kier alpha value is -1.95. The number of methoxy groups -OCH3 is 3. The van der Waals surface area contributed by atoms with Gasteiger partial charge in [-0.25, -0.2) is 0 Å². The Morgan fingerprint density at radius 3 is 2.00 bits per heavy atom. The van der Waals surface area contributed by atoms with Crippen molar-refractivity contribution in [2.75, 3.05) is 21.3 Å². The third kappa shape index (κ3) is 3.54. The van der Waals surface area contributed by atoms with E-state index in [1.807, 2.05) is 0 Å². The maximum atomic E-state index is 10.9. The van der Waals surface area contributed by atoms with Crippen LogP contribution < -0.4 is 14.2 Å². The lowest BCUT2D eigenvalue weighted by Gasteiger charge is -2.20. The van der Waals surface area contributed by atoms with Gasteiger partial charge in [-0.2, -0.15) is 0 Å². The maximum Gasteiger partial charge on any atom is 0.306 e. The number of carbonyl (C=O) groups is 1. The second-order valence-electron chi connectivity index (χ2n) is 4.44. The van der Waals surface area contributed by atoms with Crippen LogP contribution in [0, 0.1) is 5.92 Å². The summed E-state index contributed by atoms with van der Waals surface area (Å²) in [5, 5.41) is 19.2. The van der Waals surface area contributed by atoms with Crippen molar-refractivity contribution in [3.63, 3.8) is 0 Å². The first-order valence-electron chi connectivity index (χ1n) is 6.15. The molecule has 1 rings (SSSR count). The number of carboxylic acids is 1. The number of aliphatic hydroxyl groups excluding tert-OH is 1. The van der Waals surface area contributed by atoms with E-state index in [4.69, 9.17) is 19.3 Å². The fraction of sp³-hybridized carbons (Fsp3) is 0.500. The molecular weight excluding hydrogens is 264 g/mol. The van der Waals surface area contributed by atoms with Crippen molar-refractivity contribution in [1.29, 1.82) is 0 Å². The Bertz CT molecular complexity index is 446. The van der Waals surface area contributed by atoms with Gasteiger partial charge in [0.05, 0.1) is 38.9 Å². The van der Waals surface area contributed by atoms with Crippen molar-refractivity contribution in [1.82, 2.24) is 0 Å². The molecule has 0 saturated heterocycles. The molecule has 2 atom stereocenters. The average Bonchev–Trinajstić information content (AvgIpc) is 2.45. The van der Waals surface area contributed by atoms with Crippen molar-refractivity contribution in [3.8, 4) is 17.2 Å². The van der Waals surface area contributed by atoms with E-state index in [1.54, 1.807) is 12.1 Å². The molecule has 20 heavy (non-hydrogen) atoms. The first kappa shape index (κ1) is 16.1. The van der Waals surface area contributed by atoms with Gasteiger partial charge in [0.2, 0.25) is 0 Å². The number of ether oxygens (including phenoxy) is 3. The summed E-state index contributed by atoms with van der Waals surface area (Å²) in [5.41, 5.74) is 0.420. The monoisotopic (exact) mass is 284 g/mol. The summed E-state index contributed by atoms with van der Waals surface area (Å²) in [6.07, 6.45) is -0.939. The molecular formula is C14H20O6. The molecule has 0 radical (unpaired) electrons. The van der Waals surface area contributed by atoms with Gasteiger partial charge in [-0.3, -0.25) is 4.79 Å². The molecule has 0 heterocycles. The van der Waals surface area contributed by atoms with Crippen LogP contribution in [0.25, 0.3) is 0 Å². The molecule has 0 saturated carbocycles. The van der Waals surface area contributed by atoms with E-state index in [1.165, 1.54) is 28.3 Å². The van der Waals surface area contributed by atoms with Crippen LogP contribution >= 0.6 is 0 Å². The second-order valence-corrected chi connectivity index (χ2v) is 4.44. The number of benzene rings is 1. The van der Waals surface area contributed by atoms with E-state index in [2.05, 4.69) is 0 Å². The topological polar surface area (TPSA) is 85.2 Å². The van der Waals surface area contributed by atoms with E-state index in [-0.39, 0.29) is 6.42 Å². The summed E-state index contributed by atoms with van der Waals surface area (Å²) in [5.74, 6) is -0.324. The van der Waals surface area contributed by atoms with Gasteiger partial charge in [-0.15, -0.1) is 0 Å². The van der Waals surface area contributed by atoms with Crippen LogP contribution in [0.15, 0.2) is 12.1 Å². The van der Waals surface area contributed by atoms with Crippen LogP contribution in [0.2, 0.25) is 0 Å². The Balaban J connectivity index is 3.17. The first-order valence-corrected chi connectivity index (χ1v) is 6.15. The third-order valence-corrected chi connectivity index (χ3v) is 3.08. The van der Waals surface area contributed by atoms with Gasteiger partial charge in [0.25, 0.3) is 0 Å². The minimum absolute atomic E-state index is 0.0639. The minimum atomic E-state index is -1.00. The quantitative estimate of drug-likeness (QED) is 0.795. The van der Waals surface area contributed by atoms with Crippen molar-refractivity contribution in [2.45, 2.75) is 19.4 Å². The van der Waals surface area contributed by atoms with Crippen molar-refractivity contribution < 1.29 is 29.2 Å². The molecule has 112 valence electrons. The van der Waals surface area contributed by atoms with E-state index in [0.717, 1.165) is 0 Å². The summed E-state index contributed by atoms with van der Waals surface area (Å²) in [6, 6.07) is 3.24. The molecule has 0 fully saturated rings. The van der Waals surface area contributed by atoms with Crippen molar-refractivity contribution in [2.24, 2.45) is 5.92 Å². The third-order valence-electron chi connectivity index (χ3n) is 3.08. The van der Waals surface area contributed by atoms with E-state index in [0.29, 0.717) is 22.8 Å². The lowest BCUT2D eigenvalue weighted by molar-refractivity contribution is -0.142. The molecule has 0 amide bonds. The molecule has 0 aliphatic heterocycles. The fourth-order valence-electron chi connectivity index (χ4n) is 1.91. The number of aliphatic carboxylic acids is 1. The highest BCUT2D eigenvalue weighted by molar-refractivity contribution is 5.69. The van der Waals surface area contributed by atoms with Crippen LogP contribution in [0.3, 0.4) is 0 Å². The maximum absolute atomic E-state index is 10.9. The largest absolute Gasteiger partial charge is 0.496 e. The zero-order valence-electron chi connectivity index (χ0n) is 12.0. The molecule has 2 N–H and O–H groups in total. The Kier molecular flexibility index (Phi) is 5.64. The van der Waals surface area contributed by atoms with Gasteiger partial charge in [-0.1, -0.05) is 6.92 Å². The Morgan fingerprint density at radius 1 is 1.15 bits per heavy atom. The van der Waals surface area contributed by atoms with Crippen LogP contribution in [-0.2, 0) is 4.79 Å². The van der Waals surface area contributed by atoms with E-state index < -0.39 is 18.0 Å². The molecule has 2 unspecified atom stereocenters. The van der Waals surface area contributed by atoms with Crippen LogP contribution in [-0.4, -0.2) is 37.5 Å². The van der Waals surface area contributed by atoms with Gasteiger partial charge < -0.3 is 24.4 Å². The lowest BCUT2D eigenvalue weighted by atomic mass is 9.96. The molecule has 0 aliphatic rings. The van der Waals surface area contributed by atoms with E-state index >= 15 is 0 Å². The van der Waals surface area contributed by atoms with Crippen molar-refractivity contribution in [3.05, 3.63) is 17.7 Å². The van der Waals surface area contributed by atoms with Gasteiger partial charge in [-0.05, 0) is 6.42 Å². The van der Waals surface area contributed by atoms with Gasteiger partial charge in [0, 0.05) is 12.1 Å². The smallest absolute Gasteiger partial charge is 0.306 e. The van der Waals surface area contributed by atoms with Crippen LogP contribution in [0.1, 0.15) is 25.0 Å². The summed E-state index contributed by atoms with van der Waals surface area (Å²) < 4.78 is 15.6. The number of aliphatic hydroxyl groups is 1. The molecule has 1 aromatic carbocycles. The SMILES string of the molecule is COc1cc(OC)c(C(O)CC(C)C(=O)O)c(OC)c1. The minimum Gasteiger partial charge on any atom is -0.496 e. The predicted molar refractivity (Wildman–Crippen MR) is 72.5 cm³/mol. The number of hydrogen-bond donors (Lipinski definition) is 2. The molecule has 0 aromatic heterocycles. The van der Waals surface area contributed by atoms with Crippen LogP contribution in [0.5, 0.6) is 17.2 Å². The molecule has 0 aliphatic carbocycles. The first-order chi connectivity index (χ1) is 9.44. The van der Waals surface area contributed by atoms with Gasteiger partial charge in [0.15, 0.2) is 0 Å². The standard InChI is InChI=1S/C14H20O6/c1-8(14(16)17)5-10(15)13-11(19-3)6-9(18-2)7-12(13)20-4/h6-8,10,15H,5H2,1-4H3,(H,16,17). The molecule has 0 bridgehead atoms. The highest BCUT2D eigenvalue weighted by Crippen LogP contribution is 2.40. The summed E-state index contributed by atoms with van der Waals surface area (Å²) in [7, 11) is 4.44. The highest BCUT2D eigenvalue weighted by Gasteiger charge is 2.24. The zero-order chi connectivity index (χ0) is 15.3. The molecule has 0 spiro atoms. The van der Waals surface area contributed by atoms with Crippen molar-refractivity contribution >= 4 is 5.97 Å². The lowest BCUT2D eigenvalue weighted by Crippen LogP contribution is -2.14. The van der Waals surface area contributed by atoms with Gasteiger partial charge in [0.1, 0.15) is 17.2 Å². The van der Waals surface area contributed by atoms with Crippen LogP contribution in [0.4, 0.5) is 0 Å². The normalized spacial score (nSPS) is 13.4. The average molecular weight is 284 g/mol. The Morgan fingerprint density at radius 2 is 1.65 bits per heavy atom. The van der Waals surface area contributed by atoms with Gasteiger partial charge >= 0.3 is 5.97 Å². The molecule has 6 nitrogen and oxygen atoms in total. The zero-order valence-corrected chi connectivity index (χ0v) is 12.0. The molecule has 6 heteroatoms. The number of carboxylic acid groups (broad SMARTS) is 1. The fourth-order valence-corrected chi connectivity index (χ4v) is 1.91. The second kappa shape index (κ2) is 7.00. The summed E-state index contributed by atoms with van der Waals surface area (Å²) in [4.78, 5) is 10.9.